The number of ether oxygens (including phenoxy) is 1. The number of imidazole rings is 1. The van der Waals surface area contributed by atoms with Crippen LogP contribution >= 0.6 is 0 Å². The maximum Gasteiger partial charge on any atom is 0.310 e. The zero-order valence-electron chi connectivity index (χ0n) is 10.7. The molecule has 100 valence electrons. The van der Waals surface area contributed by atoms with E-state index in [-0.39, 0.29) is 6.04 Å². The molecule has 2 unspecified atom stereocenters. The third-order valence-electron chi connectivity index (χ3n) is 3.54. The fourth-order valence-corrected chi connectivity index (χ4v) is 2.29. The highest BCUT2D eigenvalue weighted by atomic mass is 16.5. The van der Waals surface area contributed by atoms with Crippen LogP contribution < -0.4 is 0 Å². The van der Waals surface area contributed by atoms with Crippen molar-refractivity contribution in [1.29, 1.82) is 0 Å². The Hall–Kier alpha value is -1.40. The van der Waals surface area contributed by atoms with Crippen molar-refractivity contribution in [2.45, 2.75) is 12.5 Å². The van der Waals surface area contributed by atoms with E-state index in [0.717, 1.165) is 18.8 Å². The van der Waals surface area contributed by atoms with Gasteiger partial charge in [-0.25, -0.2) is 4.98 Å². The average molecular weight is 253 g/mol. The highest BCUT2D eigenvalue weighted by Gasteiger charge is 2.36. The molecule has 1 N–H and O–H groups in total. The molecule has 0 saturated carbocycles. The molecule has 2 atom stereocenters. The van der Waals surface area contributed by atoms with Crippen LogP contribution in [0.4, 0.5) is 0 Å². The van der Waals surface area contributed by atoms with Crippen LogP contribution in [0.3, 0.4) is 0 Å². The number of carboxylic acids is 1. The minimum Gasteiger partial charge on any atom is -0.481 e. The van der Waals surface area contributed by atoms with Gasteiger partial charge in [0, 0.05) is 38.4 Å². The molecule has 1 aromatic heterocycles. The molecule has 1 saturated heterocycles. The number of likely N-dealkylation sites (N-methyl/N-ethyl adjacent to an activating group) is 1. The second-order valence-corrected chi connectivity index (χ2v) is 4.73. The summed E-state index contributed by atoms with van der Waals surface area (Å²) >= 11 is 0. The highest BCUT2D eigenvalue weighted by Crippen LogP contribution is 2.19. The summed E-state index contributed by atoms with van der Waals surface area (Å²) in [5, 5.41) is 9.11. The summed E-state index contributed by atoms with van der Waals surface area (Å²) in [6, 6.07) is -0.0391. The van der Waals surface area contributed by atoms with E-state index < -0.39 is 11.9 Å². The molecule has 0 spiro atoms. The van der Waals surface area contributed by atoms with Crippen LogP contribution in [0.5, 0.6) is 0 Å². The van der Waals surface area contributed by atoms with Gasteiger partial charge in [-0.1, -0.05) is 0 Å². The SMILES string of the molecule is CN(CCc1nccn1C)C1COCC1C(=O)O. The Bertz CT molecular complexity index is 418. The molecule has 18 heavy (non-hydrogen) atoms. The number of nitrogens with zero attached hydrogens (tertiary/aromatic N) is 3. The van der Waals surface area contributed by atoms with Gasteiger partial charge >= 0.3 is 5.97 Å². The smallest absolute Gasteiger partial charge is 0.310 e. The zero-order valence-corrected chi connectivity index (χ0v) is 10.7. The van der Waals surface area contributed by atoms with Crippen molar-refractivity contribution in [2.75, 3.05) is 26.8 Å². The maximum absolute atomic E-state index is 11.1. The number of aryl methyl sites for hydroxylation is 1. The first-order valence-corrected chi connectivity index (χ1v) is 6.06. The predicted molar refractivity (Wildman–Crippen MR) is 65.3 cm³/mol. The molecule has 1 aromatic rings. The molecular weight excluding hydrogens is 234 g/mol. The van der Waals surface area contributed by atoms with E-state index in [4.69, 9.17) is 9.84 Å². The molecule has 0 aromatic carbocycles. The van der Waals surface area contributed by atoms with E-state index >= 15 is 0 Å². The molecule has 0 radical (unpaired) electrons. The predicted octanol–water partition coefficient (Wildman–Crippen LogP) is -0.00600. The monoisotopic (exact) mass is 253 g/mol. The summed E-state index contributed by atoms with van der Waals surface area (Å²) in [4.78, 5) is 17.4. The van der Waals surface area contributed by atoms with Crippen molar-refractivity contribution in [1.82, 2.24) is 14.5 Å². The fraction of sp³-hybridized carbons (Fsp3) is 0.667. The van der Waals surface area contributed by atoms with Gasteiger partial charge in [-0.2, -0.15) is 0 Å². The second-order valence-electron chi connectivity index (χ2n) is 4.73. The molecular formula is C12H19N3O3. The molecule has 2 rings (SSSR count). The largest absolute Gasteiger partial charge is 0.481 e. The first kappa shape index (κ1) is 13.0. The minimum atomic E-state index is -0.777. The average Bonchev–Trinajstić information content (AvgIpc) is 2.94. The van der Waals surface area contributed by atoms with Gasteiger partial charge in [0.05, 0.1) is 19.1 Å². The molecule has 0 amide bonds. The Labute approximate surface area is 106 Å². The lowest BCUT2D eigenvalue weighted by Gasteiger charge is -2.25. The lowest BCUT2D eigenvalue weighted by atomic mass is 10.0. The normalized spacial score (nSPS) is 23.7. The summed E-state index contributed by atoms with van der Waals surface area (Å²) in [6.07, 6.45) is 4.49. The number of hydrogen-bond acceptors (Lipinski definition) is 4. The number of rotatable bonds is 5. The first-order chi connectivity index (χ1) is 8.59. The van der Waals surface area contributed by atoms with Crippen molar-refractivity contribution >= 4 is 5.97 Å². The van der Waals surface area contributed by atoms with Gasteiger partial charge in [-0.3, -0.25) is 9.69 Å². The topological polar surface area (TPSA) is 67.6 Å². The summed E-state index contributed by atoms with van der Waals surface area (Å²) in [6.45, 7) is 1.59. The van der Waals surface area contributed by atoms with Gasteiger partial charge in [0.2, 0.25) is 0 Å². The summed E-state index contributed by atoms with van der Waals surface area (Å²) in [7, 11) is 3.90. The Balaban J connectivity index is 1.90. The molecule has 0 bridgehead atoms. The number of carbonyl (C=O) groups is 1. The van der Waals surface area contributed by atoms with Gasteiger partial charge in [0.15, 0.2) is 0 Å². The van der Waals surface area contributed by atoms with Gasteiger partial charge in [-0.05, 0) is 7.05 Å². The van der Waals surface area contributed by atoms with Gasteiger partial charge in [0.1, 0.15) is 5.82 Å². The van der Waals surface area contributed by atoms with E-state index in [1.807, 2.05) is 24.9 Å². The first-order valence-electron chi connectivity index (χ1n) is 6.06. The molecule has 1 aliphatic heterocycles. The van der Waals surface area contributed by atoms with Crippen molar-refractivity contribution in [3.63, 3.8) is 0 Å². The van der Waals surface area contributed by atoms with E-state index in [9.17, 15) is 4.79 Å². The van der Waals surface area contributed by atoms with Crippen molar-refractivity contribution in [3.05, 3.63) is 18.2 Å². The Morgan fingerprint density at radius 1 is 1.67 bits per heavy atom. The summed E-state index contributed by atoms with van der Waals surface area (Å²) in [5.41, 5.74) is 0. The van der Waals surface area contributed by atoms with Crippen LogP contribution in [-0.4, -0.2) is 58.4 Å². The van der Waals surface area contributed by atoms with Gasteiger partial charge < -0.3 is 14.4 Å². The van der Waals surface area contributed by atoms with Crippen LogP contribution in [0.15, 0.2) is 12.4 Å². The third kappa shape index (κ3) is 2.70. The van der Waals surface area contributed by atoms with Crippen LogP contribution in [0.25, 0.3) is 0 Å². The zero-order chi connectivity index (χ0) is 13.1. The van der Waals surface area contributed by atoms with Crippen molar-refractivity contribution in [2.24, 2.45) is 13.0 Å². The molecule has 2 heterocycles. The molecule has 1 aliphatic rings. The van der Waals surface area contributed by atoms with Crippen LogP contribution in [0.2, 0.25) is 0 Å². The molecule has 0 aliphatic carbocycles. The number of carboxylic acid groups (broad SMARTS) is 1. The van der Waals surface area contributed by atoms with Crippen LogP contribution in [0.1, 0.15) is 5.82 Å². The van der Waals surface area contributed by atoms with E-state index in [0.29, 0.717) is 13.2 Å². The minimum absolute atomic E-state index is 0.0391. The Morgan fingerprint density at radius 2 is 2.44 bits per heavy atom. The van der Waals surface area contributed by atoms with Crippen molar-refractivity contribution in [3.8, 4) is 0 Å². The van der Waals surface area contributed by atoms with Gasteiger partial charge in [0.25, 0.3) is 0 Å². The van der Waals surface area contributed by atoms with E-state index in [1.165, 1.54) is 0 Å². The van der Waals surface area contributed by atoms with E-state index in [2.05, 4.69) is 9.88 Å². The lowest BCUT2D eigenvalue weighted by Crippen LogP contribution is -2.41. The summed E-state index contributed by atoms with van der Waals surface area (Å²) < 4.78 is 7.25. The Morgan fingerprint density at radius 3 is 3.06 bits per heavy atom. The third-order valence-corrected chi connectivity index (χ3v) is 3.54. The maximum atomic E-state index is 11.1. The molecule has 6 heteroatoms. The van der Waals surface area contributed by atoms with Crippen molar-refractivity contribution < 1.29 is 14.6 Å². The lowest BCUT2D eigenvalue weighted by molar-refractivity contribution is -0.143. The molecule has 6 nitrogen and oxygen atoms in total. The molecule has 1 fully saturated rings. The quantitative estimate of drug-likeness (QED) is 0.799. The fourth-order valence-electron chi connectivity index (χ4n) is 2.29. The number of hydrogen-bond donors (Lipinski definition) is 1. The van der Waals surface area contributed by atoms with E-state index in [1.54, 1.807) is 6.20 Å². The second kappa shape index (κ2) is 5.49. The summed E-state index contributed by atoms with van der Waals surface area (Å²) in [5.74, 6) is -0.189. The highest BCUT2D eigenvalue weighted by molar-refractivity contribution is 5.71. The number of aromatic nitrogens is 2. The van der Waals surface area contributed by atoms with Crippen LogP contribution in [-0.2, 0) is 23.0 Å². The number of aliphatic carboxylic acids is 1. The van der Waals surface area contributed by atoms with Crippen LogP contribution in [0, 0.1) is 5.92 Å². The Kier molecular flexibility index (Phi) is 3.98. The van der Waals surface area contributed by atoms with Gasteiger partial charge in [-0.15, -0.1) is 0 Å². The standard InChI is InChI=1S/C12H19N3O3/c1-14(5-3-11-13-4-6-15(11)2)10-8-18-7-9(10)12(16)17/h4,6,9-10H,3,5,7-8H2,1-2H3,(H,16,17).